The van der Waals surface area contributed by atoms with Crippen LogP contribution in [0.3, 0.4) is 0 Å². The summed E-state index contributed by atoms with van der Waals surface area (Å²) in [4.78, 5) is 43.0. The van der Waals surface area contributed by atoms with Crippen LogP contribution in [-0.4, -0.2) is 60.0 Å². The van der Waals surface area contributed by atoms with Gasteiger partial charge < -0.3 is 5.32 Å². The van der Waals surface area contributed by atoms with Gasteiger partial charge in [-0.25, -0.2) is 13.4 Å². The fourth-order valence-electron chi connectivity index (χ4n) is 4.38. The Morgan fingerprint density at radius 2 is 1.53 bits per heavy atom. The molecule has 0 spiro atoms. The van der Waals surface area contributed by atoms with Crippen LogP contribution in [0.1, 0.15) is 46.4 Å². The Labute approximate surface area is 212 Å². The van der Waals surface area contributed by atoms with Crippen molar-refractivity contribution in [2.45, 2.75) is 30.6 Å². The number of carbonyl (C=O) groups is 3. The highest BCUT2D eigenvalue weighted by Crippen LogP contribution is 2.28. The Kier molecular flexibility index (Phi) is 6.69. The number of benzene rings is 2. The molecule has 0 radical (unpaired) electrons. The SMILES string of the molecule is O=C(CN1C(=O)c2ccccc2C1=O)Nc1nc(-c2ccc(S(=O)(=O)N3CCCCCC3)cc2)cs1. The zero-order valence-corrected chi connectivity index (χ0v) is 21.0. The summed E-state index contributed by atoms with van der Waals surface area (Å²) in [6, 6.07) is 13.0. The Bertz CT molecular complexity index is 1390. The van der Waals surface area contributed by atoms with Gasteiger partial charge in [-0.05, 0) is 37.1 Å². The van der Waals surface area contributed by atoms with Gasteiger partial charge in [0.25, 0.3) is 11.8 Å². The van der Waals surface area contributed by atoms with Crippen LogP contribution in [0.2, 0.25) is 0 Å². The molecule has 3 aromatic rings. The van der Waals surface area contributed by atoms with Crippen molar-refractivity contribution in [3.8, 4) is 11.3 Å². The average Bonchev–Trinajstić information content (AvgIpc) is 3.29. The molecule has 9 nitrogen and oxygen atoms in total. The second-order valence-electron chi connectivity index (χ2n) is 8.67. The lowest BCUT2D eigenvalue weighted by Crippen LogP contribution is -2.37. The van der Waals surface area contributed by atoms with Gasteiger partial charge in [0.15, 0.2) is 5.13 Å². The lowest BCUT2D eigenvalue weighted by molar-refractivity contribution is -0.116. The molecule has 11 heteroatoms. The summed E-state index contributed by atoms with van der Waals surface area (Å²) in [5.74, 6) is -1.54. The van der Waals surface area contributed by atoms with Crippen molar-refractivity contribution in [2.24, 2.45) is 0 Å². The monoisotopic (exact) mass is 524 g/mol. The molecule has 1 fully saturated rings. The van der Waals surface area contributed by atoms with E-state index in [1.807, 2.05) is 0 Å². The van der Waals surface area contributed by atoms with Crippen molar-refractivity contribution in [3.63, 3.8) is 0 Å². The van der Waals surface area contributed by atoms with E-state index < -0.39 is 34.3 Å². The number of thiazole rings is 1. The summed E-state index contributed by atoms with van der Waals surface area (Å²) in [5.41, 5.74) is 1.86. The van der Waals surface area contributed by atoms with Crippen molar-refractivity contribution < 1.29 is 22.8 Å². The first-order valence-corrected chi connectivity index (χ1v) is 14.0. The molecule has 2 aromatic carbocycles. The van der Waals surface area contributed by atoms with E-state index in [0.717, 1.165) is 30.6 Å². The molecule has 1 saturated heterocycles. The minimum Gasteiger partial charge on any atom is -0.300 e. The van der Waals surface area contributed by atoms with Crippen LogP contribution in [0.5, 0.6) is 0 Å². The highest BCUT2D eigenvalue weighted by atomic mass is 32.2. The normalized spacial score (nSPS) is 16.6. The van der Waals surface area contributed by atoms with Crippen LogP contribution in [0.15, 0.2) is 58.8 Å². The molecule has 1 N–H and O–H groups in total. The van der Waals surface area contributed by atoms with E-state index in [1.165, 1.54) is 11.3 Å². The molecule has 0 unspecified atom stereocenters. The average molecular weight is 525 g/mol. The van der Waals surface area contributed by atoms with Gasteiger partial charge in [-0.1, -0.05) is 37.1 Å². The van der Waals surface area contributed by atoms with E-state index in [9.17, 15) is 22.8 Å². The van der Waals surface area contributed by atoms with Crippen LogP contribution in [0.4, 0.5) is 5.13 Å². The number of rotatable bonds is 6. The van der Waals surface area contributed by atoms with Crippen molar-refractivity contribution in [1.29, 1.82) is 0 Å². The van der Waals surface area contributed by atoms with Gasteiger partial charge >= 0.3 is 0 Å². The molecule has 0 saturated carbocycles. The number of sulfonamides is 1. The van der Waals surface area contributed by atoms with Gasteiger partial charge in [0.1, 0.15) is 6.54 Å². The third-order valence-electron chi connectivity index (χ3n) is 6.28. The Balaban J connectivity index is 1.23. The summed E-state index contributed by atoms with van der Waals surface area (Å²) in [6.07, 6.45) is 3.84. The van der Waals surface area contributed by atoms with Crippen molar-refractivity contribution in [1.82, 2.24) is 14.2 Å². The largest absolute Gasteiger partial charge is 0.300 e. The highest BCUT2D eigenvalue weighted by Gasteiger charge is 2.36. The standard InChI is InChI=1S/C25H24N4O5S2/c30-22(15-29-23(31)19-7-3-4-8-20(19)24(29)32)27-25-26-21(16-35-25)17-9-11-18(12-10-17)36(33,34)28-13-5-1-2-6-14-28/h3-4,7-12,16H,1-2,5-6,13-15H2,(H,26,27,30). The van der Waals surface area contributed by atoms with E-state index in [1.54, 1.807) is 58.2 Å². The van der Waals surface area contributed by atoms with Gasteiger partial charge in [-0.2, -0.15) is 4.31 Å². The third-order valence-corrected chi connectivity index (χ3v) is 8.95. The number of anilines is 1. The zero-order chi connectivity index (χ0) is 25.3. The molecule has 186 valence electrons. The van der Waals surface area contributed by atoms with Crippen LogP contribution < -0.4 is 5.32 Å². The van der Waals surface area contributed by atoms with Crippen molar-refractivity contribution in [2.75, 3.05) is 25.0 Å². The molecular formula is C25H24N4O5S2. The van der Waals surface area contributed by atoms with E-state index in [-0.39, 0.29) is 16.0 Å². The molecule has 0 aliphatic carbocycles. The maximum absolute atomic E-state index is 13.0. The number of carbonyl (C=O) groups excluding carboxylic acids is 3. The van der Waals surface area contributed by atoms with Gasteiger partial charge in [0, 0.05) is 24.0 Å². The second kappa shape index (κ2) is 9.92. The van der Waals surface area contributed by atoms with Crippen molar-refractivity contribution in [3.05, 3.63) is 65.0 Å². The molecule has 2 aliphatic heterocycles. The number of aromatic nitrogens is 1. The van der Waals surface area contributed by atoms with E-state index in [0.29, 0.717) is 29.5 Å². The zero-order valence-electron chi connectivity index (χ0n) is 19.3. The van der Waals surface area contributed by atoms with Crippen LogP contribution >= 0.6 is 11.3 Å². The minimum absolute atomic E-state index is 0.248. The predicted molar refractivity (Wildman–Crippen MR) is 135 cm³/mol. The molecule has 2 aliphatic rings. The van der Waals surface area contributed by atoms with E-state index in [4.69, 9.17) is 0 Å². The number of hydrogen-bond donors (Lipinski definition) is 1. The van der Waals surface area contributed by atoms with Gasteiger partial charge in [0.05, 0.1) is 21.7 Å². The lowest BCUT2D eigenvalue weighted by Gasteiger charge is -2.19. The quantitative estimate of drug-likeness (QED) is 0.493. The topological polar surface area (TPSA) is 117 Å². The number of nitrogens with one attached hydrogen (secondary N) is 1. The maximum atomic E-state index is 13.0. The Morgan fingerprint density at radius 3 is 2.14 bits per heavy atom. The Hall–Kier alpha value is -3.41. The molecular weight excluding hydrogens is 500 g/mol. The molecule has 3 amide bonds. The van der Waals surface area contributed by atoms with Gasteiger partial charge in [0.2, 0.25) is 15.9 Å². The summed E-state index contributed by atoms with van der Waals surface area (Å²) < 4.78 is 27.5. The minimum atomic E-state index is -3.54. The first kappa shape index (κ1) is 24.3. The first-order chi connectivity index (χ1) is 17.3. The molecule has 5 rings (SSSR count). The number of nitrogens with zero attached hydrogens (tertiary/aromatic N) is 3. The molecule has 3 heterocycles. The van der Waals surface area contributed by atoms with Crippen LogP contribution in [-0.2, 0) is 14.8 Å². The summed E-state index contributed by atoms with van der Waals surface area (Å²) in [7, 11) is -3.54. The third kappa shape index (κ3) is 4.69. The van der Waals surface area contributed by atoms with Gasteiger partial charge in [-0.15, -0.1) is 11.3 Å². The van der Waals surface area contributed by atoms with Crippen molar-refractivity contribution >= 4 is 44.2 Å². The maximum Gasteiger partial charge on any atom is 0.262 e. The van der Waals surface area contributed by atoms with E-state index >= 15 is 0 Å². The summed E-state index contributed by atoms with van der Waals surface area (Å²) in [6.45, 7) is 0.671. The Morgan fingerprint density at radius 1 is 0.917 bits per heavy atom. The summed E-state index contributed by atoms with van der Waals surface area (Å²) in [5, 5.41) is 4.69. The summed E-state index contributed by atoms with van der Waals surface area (Å²) >= 11 is 1.20. The lowest BCUT2D eigenvalue weighted by atomic mass is 10.1. The molecule has 1 aromatic heterocycles. The number of hydrogen-bond acceptors (Lipinski definition) is 7. The number of imide groups is 1. The molecule has 0 bridgehead atoms. The predicted octanol–water partition coefficient (Wildman–Crippen LogP) is 3.61. The fourth-order valence-corrected chi connectivity index (χ4v) is 6.63. The fraction of sp³-hybridized carbons (Fsp3) is 0.280. The van der Waals surface area contributed by atoms with Crippen LogP contribution in [0.25, 0.3) is 11.3 Å². The number of amides is 3. The second-order valence-corrected chi connectivity index (χ2v) is 11.5. The molecule has 36 heavy (non-hydrogen) atoms. The van der Waals surface area contributed by atoms with Gasteiger partial charge in [-0.3, -0.25) is 19.3 Å². The van der Waals surface area contributed by atoms with Crippen LogP contribution in [0, 0.1) is 0 Å². The highest BCUT2D eigenvalue weighted by molar-refractivity contribution is 7.89. The smallest absolute Gasteiger partial charge is 0.262 e. The number of fused-ring (bicyclic) bond motifs is 1. The van der Waals surface area contributed by atoms with E-state index in [2.05, 4.69) is 10.3 Å². The molecule has 0 atom stereocenters. The first-order valence-electron chi connectivity index (χ1n) is 11.7.